The van der Waals surface area contributed by atoms with Gasteiger partial charge in [-0.1, -0.05) is 18.5 Å². The first-order valence-electron chi connectivity index (χ1n) is 5.81. The van der Waals surface area contributed by atoms with Gasteiger partial charge >= 0.3 is 0 Å². The third-order valence-electron chi connectivity index (χ3n) is 2.32. The molecule has 0 radical (unpaired) electrons. The van der Waals surface area contributed by atoms with Gasteiger partial charge in [0.05, 0.1) is 6.20 Å². The highest BCUT2D eigenvalue weighted by molar-refractivity contribution is 7.07. The molecule has 96 valence electrons. The molecule has 2 heterocycles. The molecule has 0 aliphatic rings. The molecule has 0 aliphatic heterocycles. The minimum atomic E-state index is 0.535. The average molecular weight is 283 g/mol. The van der Waals surface area contributed by atoms with Crippen LogP contribution in [0, 0.1) is 0 Å². The highest BCUT2D eigenvalue weighted by Crippen LogP contribution is 2.20. The summed E-state index contributed by atoms with van der Waals surface area (Å²) in [6, 6.07) is 2.07. The third-order valence-corrected chi connectivity index (χ3v) is 3.33. The summed E-state index contributed by atoms with van der Waals surface area (Å²) in [7, 11) is 0. The lowest BCUT2D eigenvalue weighted by atomic mass is 10.3. The lowest BCUT2D eigenvalue weighted by Gasteiger charge is -2.08. The lowest BCUT2D eigenvalue weighted by Crippen LogP contribution is -2.07. The number of nitrogens with zero attached hydrogens (tertiary/aromatic N) is 2. The topological polar surface area (TPSA) is 49.8 Å². The van der Waals surface area contributed by atoms with Gasteiger partial charge in [0.2, 0.25) is 5.95 Å². The molecule has 18 heavy (non-hydrogen) atoms. The molecule has 2 aromatic heterocycles. The van der Waals surface area contributed by atoms with Crippen molar-refractivity contribution in [3.8, 4) is 0 Å². The molecule has 0 saturated heterocycles. The predicted octanol–water partition coefficient (Wildman–Crippen LogP) is 3.63. The molecule has 0 aromatic carbocycles. The molecule has 6 heteroatoms. The second kappa shape index (κ2) is 6.56. The fourth-order valence-corrected chi connectivity index (χ4v) is 2.22. The summed E-state index contributed by atoms with van der Waals surface area (Å²) in [6.07, 6.45) is 2.64. The van der Waals surface area contributed by atoms with Gasteiger partial charge < -0.3 is 10.6 Å². The molecule has 2 rings (SSSR count). The Labute approximate surface area is 115 Å². The second-order valence-corrected chi connectivity index (χ2v) is 4.99. The largest absolute Gasteiger partial charge is 0.365 e. The number of aromatic nitrogens is 2. The summed E-state index contributed by atoms with van der Waals surface area (Å²) >= 11 is 7.73. The Kier molecular flexibility index (Phi) is 4.78. The van der Waals surface area contributed by atoms with Crippen LogP contribution < -0.4 is 10.6 Å². The average Bonchev–Trinajstić information content (AvgIpc) is 2.89. The van der Waals surface area contributed by atoms with Crippen LogP contribution in [0.3, 0.4) is 0 Å². The maximum atomic E-state index is 6.06. The van der Waals surface area contributed by atoms with Crippen LogP contribution in [-0.2, 0) is 6.54 Å². The van der Waals surface area contributed by atoms with Gasteiger partial charge in [-0.3, -0.25) is 0 Å². The molecule has 2 aromatic rings. The predicted molar refractivity (Wildman–Crippen MR) is 77.5 cm³/mol. The molecule has 2 N–H and O–H groups in total. The first kappa shape index (κ1) is 13.1. The Morgan fingerprint density at radius 2 is 2.28 bits per heavy atom. The second-order valence-electron chi connectivity index (χ2n) is 3.80. The Balaban J connectivity index is 2.01. The van der Waals surface area contributed by atoms with Crippen LogP contribution in [0.1, 0.15) is 18.9 Å². The number of anilines is 2. The smallest absolute Gasteiger partial charge is 0.224 e. The standard InChI is InChI=1S/C12H15ClN4S/c1-2-4-14-12-16-7-10(13)11(17-12)15-6-9-3-5-18-8-9/h3,5,7-8H,2,4,6H2,1H3,(H2,14,15,16,17). The van der Waals surface area contributed by atoms with Gasteiger partial charge in [0.1, 0.15) is 5.02 Å². The fourth-order valence-electron chi connectivity index (χ4n) is 1.39. The van der Waals surface area contributed by atoms with Crippen molar-refractivity contribution in [1.29, 1.82) is 0 Å². The molecule has 0 spiro atoms. The number of halogens is 1. The molecule has 0 bridgehead atoms. The maximum Gasteiger partial charge on any atom is 0.224 e. The highest BCUT2D eigenvalue weighted by atomic mass is 35.5. The molecule has 0 saturated carbocycles. The van der Waals surface area contributed by atoms with Gasteiger partial charge in [0, 0.05) is 13.1 Å². The van der Waals surface area contributed by atoms with E-state index < -0.39 is 0 Å². The zero-order chi connectivity index (χ0) is 12.8. The molecular weight excluding hydrogens is 268 g/mol. The summed E-state index contributed by atoms with van der Waals surface area (Å²) in [4.78, 5) is 8.48. The van der Waals surface area contributed by atoms with Crippen LogP contribution >= 0.6 is 22.9 Å². The van der Waals surface area contributed by atoms with E-state index in [9.17, 15) is 0 Å². The molecule has 0 unspecified atom stereocenters. The first-order valence-corrected chi connectivity index (χ1v) is 7.13. The van der Waals surface area contributed by atoms with Crippen molar-refractivity contribution in [3.05, 3.63) is 33.6 Å². The van der Waals surface area contributed by atoms with Crippen LogP contribution in [0.4, 0.5) is 11.8 Å². The van der Waals surface area contributed by atoms with Crippen molar-refractivity contribution in [3.63, 3.8) is 0 Å². The van der Waals surface area contributed by atoms with Crippen LogP contribution in [0.5, 0.6) is 0 Å². The van der Waals surface area contributed by atoms with Crippen LogP contribution in [-0.4, -0.2) is 16.5 Å². The summed E-state index contributed by atoms with van der Waals surface area (Å²) in [6.45, 7) is 3.66. The summed E-state index contributed by atoms with van der Waals surface area (Å²) in [5, 5.41) is 11.0. The SMILES string of the molecule is CCCNc1ncc(Cl)c(NCc2ccsc2)n1. The molecule has 4 nitrogen and oxygen atoms in total. The maximum absolute atomic E-state index is 6.06. The summed E-state index contributed by atoms with van der Waals surface area (Å²) in [5.74, 6) is 1.27. The monoisotopic (exact) mass is 282 g/mol. The Morgan fingerprint density at radius 3 is 3.00 bits per heavy atom. The van der Waals surface area contributed by atoms with Gasteiger partial charge in [-0.05, 0) is 28.8 Å². The van der Waals surface area contributed by atoms with Gasteiger partial charge in [-0.15, -0.1) is 0 Å². The van der Waals surface area contributed by atoms with Crippen molar-refractivity contribution >= 4 is 34.7 Å². The summed E-state index contributed by atoms with van der Waals surface area (Å²) < 4.78 is 0. The van der Waals surface area contributed by atoms with E-state index in [1.807, 2.05) is 5.38 Å². The van der Waals surface area contributed by atoms with Crippen molar-refractivity contribution in [2.24, 2.45) is 0 Å². The van der Waals surface area contributed by atoms with Gasteiger partial charge in [0.15, 0.2) is 5.82 Å². The van der Waals surface area contributed by atoms with Crippen molar-refractivity contribution < 1.29 is 0 Å². The van der Waals surface area contributed by atoms with Gasteiger partial charge in [-0.2, -0.15) is 16.3 Å². The van der Waals surface area contributed by atoms with E-state index in [4.69, 9.17) is 11.6 Å². The number of nitrogens with one attached hydrogen (secondary N) is 2. The third kappa shape index (κ3) is 3.58. The molecule has 0 atom stereocenters. The quantitative estimate of drug-likeness (QED) is 0.849. The van der Waals surface area contributed by atoms with E-state index in [1.165, 1.54) is 5.56 Å². The van der Waals surface area contributed by atoms with Gasteiger partial charge in [-0.25, -0.2) is 4.98 Å². The molecule has 0 amide bonds. The number of hydrogen-bond donors (Lipinski definition) is 2. The molecule has 0 fully saturated rings. The van der Waals surface area contributed by atoms with E-state index in [1.54, 1.807) is 17.5 Å². The van der Waals surface area contributed by atoms with Crippen molar-refractivity contribution in [2.45, 2.75) is 19.9 Å². The fraction of sp³-hybridized carbons (Fsp3) is 0.333. The van der Waals surface area contributed by atoms with Crippen molar-refractivity contribution in [1.82, 2.24) is 9.97 Å². The number of rotatable bonds is 6. The Bertz CT molecular complexity index is 487. The minimum absolute atomic E-state index is 0.535. The zero-order valence-corrected chi connectivity index (χ0v) is 11.7. The normalized spacial score (nSPS) is 10.3. The first-order chi connectivity index (χ1) is 8.79. The van der Waals surface area contributed by atoms with Crippen LogP contribution in [0.25, 0.3) is 0 Å². The Hall–Kier alpha value is -1.33. The summed E-state index contributed by atoms with van der Waals surface area (Å²) in [5.41, 5.74) is 1.22. The Morgan fingerprint density at radius 1 is 1.39 bits per heavy atom. The minimum Gasteiger partial charge on any atom is -0.365 e. The molecule has 0 aliphatic carbocycles. The van der Waals surface area contributed by atoms with E-state index >= 15 is 0 Å². The van der Waals surface area contributed by atoms with E-state index in [-0.39, 0.29) is 0 Å². The van der Waals surface area contributed by atoms with Gasteiger partial charge in [0.25, 0.3) is 0 Å². The zero-order valence-electron chi connectivity index (χ0n) is 10.1. The number of thiophene rings is 1. The lowest BCUT2D eigenvalue weighted by molar-refractivity contribution is 0.950. The van der Waals surface area contributed by atoms with Crippen LogP contribution in [0.2, 0.25) is 5.02 Å². The van der Waals surface area contributed by atoms with Crippen LogP contribution in [0.15, 0.2) is 23.0 Å². The molecular formula is C12H15ClN4S. The van der Waals surface area contributed by atoms with E-state index in [0.29, 0.717) is 23.3 Å². The van der Waals surface area contributed by atoms with E-state index in [0.717, 1.165) is 13.0 Å². The highest BCUT2D eigenvalue weighted by Gasteiger charge is 2.05. The number of hydrogen-bond acceptors (Lipinski definition) is 5. The van der Waals surface area contributed by atoms with Crippen molar-refractivity contribution in [2.75, 3.05) is 17.2 Å². The van der Waals surface area contributed by atoms with E-state index in [2.05, 4.69) is 39.0 Å².